The van der Waals surface area contributed by atoms with Crippen LogP contribution < -0.4 is 10.1 Å². The van der Waals surface area contributed by atoms with Gasteiger partial charge in [0.05, 0.1) is 23.6 Å². The van der Waals surface area contributed by atoms with Crippen molar-refractivity contribution in [2.75, 3.05) is 25.0 Å². The average Bonchev–Trinajstić information content (AvgIpc) is 3.38. The van der Waals surface area contributed by atoms with Crippen LogP contribution in [0.25, 0.3) is 16.9 Å². The van der Waals surface area contributed by atoms with Crippen molar-refractivity contribution in [1.82, 2.24) is 19.5 Å². The van der Waals surface area contributed by atoms with Crippen LogP contribution in [0, 0.1) is 6.92 Å². The number of anilines is 1. The van der Waals surface area contributed by atoms with Gasteiger partial charge in [0.1, 0.15) is 11.4 Å². The Balaban J connectivity index is 1.47. The lowest BCUT2D eigenvalue weighted by atomic mass is 9.90. The molecule has 4 aromatic rings. The molecule has 1 fully saturated rings. The maximum absolute atomic E-state index is 13.8. The molecular weight excluding hydrogens is 554 g/mol. The quantitative estimate of drug-likeness (QED) is 0.257. The fraction of sp³-hybridized carbons (Fsp3) is 0.375. The molecule has 1 N–H and O–H groups in total. The number of nitrogens with one attached hydrogen (secondary N) is 1. The predicted octanol–water partition coefficient (Wildman–Crippen LogP) is 7.12. The van der Waals surface area contributed by atoms with E-state index in [1.54, 1.807) is 27.7 Å². The van der Waals surface area contributed by atoms with Gasteiger partial charge in [0.15, 0.2) is 5.65 Å². The molecule has 2 aromatic heterocycles. The highest BCUT2D eigenvalue weighted by molar-refractivity contribution is 6.31. The Kier molecular flexibility index (Phi) is 8.41. The molecule has 42 heavy (non-hydrogen) atoms. The zero-order valence-electron chi connectivity index (χ0n) is 24.6. The van der Waals surface area contributed by atoms with Gasteiger partial charge in [-0.1, -0.05) is 17.7 Å². The Morgan fingerprint density at radius 1 is 1.10 bits per heavy atom. The van der Waals surface area contributed by atoms with Crippen molar-refractivity contribution in [2.24, 2.45) is 0 Å². The summed E-state index contributed by atoms with van der Waals surface area (Å²) in [5.41, 5.74) is 4.25. The number of halogens is 1. The molecule has 3 heterocycles. The van der Waals surface area contributed by atoms with Gasteiger partial charge in [-0.05, 0) is 89.4 Å². The number of nitrogens with zero attached hydrogens (tertiary/aromatic N) is 4. The number of rotatable bonds is 6. The third-order valence-corrected chi connectivity index (χ3v) is 7.64. The number of carbonyl (C=O) groups is 2. The van der Waals surface area contributed by atoms with E-state index in [1.807, 2.05) is 71.0 Å². The first kappa shape index (κ1) is 29.4. The van der Waals surface area contributed by atoms with Crippen molar-refractivity contribution in [1.29, 1.82) is 0 Å². The Labute approximate surface area is 250 Å². The number of benzene rings is 2. The number of amides is 2. The minimum atomic E-state index is -0.562. The highest BCUT2D eigenvalue weighted by atomic mass is 35.5. The average molecular weight is 590 g/mol. The summed E-state index contributed by atoms with van der Waals surface area (Å²) >= 11 is 6.31. The van der Waals surface area contributed by atoms with Crippen molar-refractivity contribution in [3.05, 3.63) is 76.6 Å². The molecule has 9 nitrogen and oxygen atoms in total. The number of carbonyl (C=O) groups excluding carboxylic acids is 2. The first-order valence-electron chi connectivity index (χ1n) is 14.2. The smallest absolute Gasteiger partial charge is 0.410 e. The van der Waals surface area contributed by atoms with Crippen LogP contribution in [0.3, 0.4) is 0 Å². The van der Waals surface area contributed by atoms with Gasteiger partial charge in [-0.3, -0.25) is 4.79 Å². The standard InChI is InChI=1S/C32H36ClN5O4/c1-6-41-23-12-10-21(11-13-23)27-18-28-35-29(22-14-16-37(17-15-22)31(40)42-32(3,4)5)24(19-38(28)36-27)30(39)34-26-9-7-8-25(33)20(26)2/h7-13,18-19,22H,6,14-17H2,1-5H3,(H,34,39). The zero-order chi connectivity index (χ0) is 30.0. The Bertz CT molecular complexity index is 1600. The van der Waals surface area contributed by atoms with Crippen LogP contribution in [0.2, 0.25) is 5.02 Å². The highest BCUT2D eigenvalue weighted by Gasteiger charge is 2.31. The molecular formula is C32H36ClN5O4. The van der Waals surface area contributed by atoms with Crippen LogP contribution in [-0.2, 0) is 4.74 Å². The number of ether oxygens (including phenoxy) is 2. The first-order chi connectivity index (χ1) is 20.0. The van der Waals surface area contributed by atoms with Gasteiger partial charge < -0.3 is 19.7 Å². The molecule has 0 spiro atoms. The molecule has 220 valence electrons. The van der Waals surface area contributed by atoms with E-state index >= 15 is 0 Å². The summed E-state index contributed by atoms with van der Waals surface area (Å²) in [6.07, 6.45) is 2.72. The monoisotopic (exact) mass is 589 g/mol. The minimum absolute atomic E-state index is 0.0290. The van der Waals surface area contributed by atoms with E-state index in [2.05, 4.69) is 5.32 Å². The predicted molar refractivity (Wildman–Crippen MR) is 164 cm³/mol. The Morgan fingerprint density at radius 3 is 2.48 bits per heavy atom. The molecule has 10 heteroatoms. The van der Waals surface area contributed by atoms with E-state index in [9.17, 15) is 9.59 Å². The van der Waals surface area contributed by atoms with E-state index < -0.39 is 5.60 Å². The fourth-order valence-electron chi connectivity index (χ4n) is 5.05. The summed E-state index contributed by atoms with van der Waals surface area (Å²) in [6.45, 7) is 11.0. The lowest BCUT2D eigenvalue weighted by Gasteiger charge is -2.33. The highest BCUT2D eigenvalue weighted by Crippen LogP contribution is 2.32. The lowest BCUT2D eigenvalue weighted by Crippen LogP contribution is -2.41. The topological polar surface area (TPSA) is 98.1 Å². The molecule has 0 atom stereocenters. The molecule has 0 bridgehead atoms. The summed E-state index contributed by atoms with van der Waals surface area (Å²) in [5.74, 6) is 0.467. The van der Waals surface area contributed by atoms with Crippen LogP contribution in [0.1, 0.15) is 68.1 Å². The number of piperidine rings is 1. The van der Waals surface area contributed by atoms with Gasteiger partial charge in [0.25, 0.3) is 5.91 Å². The normalized spacial score (nSPS) is 14.2. The molecule has 0 aliphatic carbocycles. The molecule has 1 saturated heterocycles. The van der Waals surface area contributed by atoms with E-state index in [-0.39, 0.29) is 17.9 Å². The summed E-state index contributed by atoms with van der Waals surface area (Å²) in [4.78, 5) is 33.1. The van der Waals surface area contributed by atoms with Crippen LogP contribution in [0.15, 0.2) is 54.7 Å². The number of hydrogen-bond donors (Lipinski definition) is 1. The van der Waals surface area contributed by atoms with E-state index in [4.69, 9.17) is 31.2 Å². The second-order valence-corrected chi connectivity index (χ2v) is 11.8. The van der Waals surface area contributed by atoms with Crippen molar-refractivity contribution in [2.45, 2.75) is 59.0 Å². The maximum atomic E-state index is 13.8. The third-order valence-electron chi connectivity index (χ3n) is 7.23. The Hall–Kier alpha value is -4.11. The SMILES string of the molecule is CCOc1ccc(-c2cc3nc(C4CCN(C(=O)OC(C)(C)C)CC4)c(C(=O)Nc4cccc(Cl)c4C)cn3n2)cc1. The molecule has 0 saturated carbocycles. The summed E-state index contributed by atoms with van der Waals surface area (Å²) in [5, 5.41) is 8.33. The third kappa shape index (κ3) is 6.51. The van der Waals surface area contributed by atoms with Crippen LogP contribution in [0.5, 0.6) is 5.75 Å². The van der Waals surface area contributed by atoms with Crippen molar-refractivity contribution >= 4 is 34.9 Å². The summed E-state index contributed by atoms with van der Waals surface area (Å²) < 4.78 is 12.8. The molecule has 5 rings (SSSR count). The summed E-state index contributed by atoms with van der Waals surface area (Å²) in [7, 11) is 0. The Morgan fingerprint density at radius 2 is 1.81 bits per heavy atom. The van der Waals surface area contributed by atoms with E-state index in [0.717, 1.165) is 22.6 Å². The zero-order valence-corrected chi connectivity index (χ0v) is 25.4. The van der Waals surface area contributed by atoms with Crippen LogP contribution >= 0.6 is 11.6 Å². The van der Waals surface area contributed by atoms with Gasteiger partial charge in [0, 0.05) is 47.5 Å². The first-order valence-corrected chi connectivity index (χ1v) is 14.6. The molecule has 0 unspecified atom stereocenters. The van der Waals surface area contributed by atoms with Crippen molar-refractivity contribution < 1.29 is 19.1 Å². The lowest BCUT2D eigenvalue weighted by molar-refractivity contribution is 0.0203. The van der Waals surface area contributed by atoms with Gasteiger partial charge in [0.2, 0.25) is 0 Å². The maximum Gasteiger partial charge on any atom is 0.410 e. The van der Waals surface area contributed by atoms with Crippen LogP contribution in [0.4, 0.5) is 10.5 Å². The molecule has 1 aliphatic rings. The largest absolute Gasteiger partial charge is 0.494 e. The molecule has 2 aromatic carbocycles. The van der Waals surface area contributed by atoms with Gasteiger partial charge in [-0.25, -0.2) is 14.3 Å². The second-order valence-electron chi connectivity index (χ2n) is 11.4. The molecule has 1 aliphatic heterocycles. The van der Waals surface area contributed by atoms with Gasteiger partial charge in [-0.15, -0.1) is 0 Å². The number of likely N-dealkylation sites (tertiary alicyclic amines) is 1. The number of aromatic nitrogens is 3. The molecule has 2 amide bonds. The van der Waals surface area contributed by atoms with Crippen molar-refractivity contribution in [3.8, 4) is 17.0 Å². The number of hydrogen-bond acceptors (Lipinski definition) is 6. The molecule has 0 radical (unpaired) electrons. The second kappa shape index (κ2) is 12.0. The number of fused-ring (bicyclic) bond motifs is 1. The van der Waals surface area contributed by atoms with Gasteiger partial charge in [-0.2, -0.15) is 5.10 Å². The fourth-order valence-corrected chi connectivity index (χ4v) is 5.22. The summed E-state index contributed by atoms with van der Waals surface area (Å²) in [6, 6.07) is 15.1. The van der Waals surface area contributed by atoms with Gasteiger partial charge >= 0.3 is 6.09 Å². The van der Waals surface area contributed by atoms with Crippen molar-refractivity contribution in [3.63, 3.8) is 0 Å². The van der Waals surface area contributed by atoms with E-state index in [0.29, 0.717) is 60.2 Å². The minimum Gasteiger partial charge on any atom is -0.494 e. The van der Waals surface area contributed by atoms with E-state index in [1.165, 1.54) is 0 Å². The van der Waals surface area contributed by atoms with Crippen LogP contribution in [-0.4, -0.2) is 56.8 Å².